The molecule has 4 nitrogen and oxygen atoms in total. The molecule has 0 saturated carbocycles. The average Bonchev–Trinajstić information content (AvgIpc) is 2.66. The normalized spacial score (nSPS) is 12.1. The molecule has 2 N–H and O–H groups in total. The quantitative estimate of drug-likeness (QED) is 0.619. The van der Waals surface area contributed by atoms with Gasteiger partial charge in [-0.3, -0.25) is 9.69 Å². The van der Waals surface area contributed by atoms with E-state index in [1.54, 1.807) is 12.1 Å². The lowest BCUT2D eigenvalue weighted by molar-refractivity contribution is 0.0946. The van der Waals surface area contributed by atoms with E-state index in [0.717, 1.165) is 37.5 Å². The first kappa shape index (κ1) is 21.3. The van der Waals surface area contributed by atoms with Crippen molar-refractivity contribution in [2.45, 2.75) is 33.2 Å². The summed E-state index contributed by atoms with van der Waals surface area (Å²) in [6, 6.07) is 14.3. The minimum Gasteiger partial charge on any atom is -0.508 e. The zero-order chi connectivity index (χ0) is 19.6. The molecule has 0 radical (unpaired) electrons. The number of phenolic OH excluding ortho intramolecular Hbond substituents is 1. The molecule has 0 aliphatic rings. The lowest BCUT2D eigenvalue weighted by atomic mass is 10.1. The second-order valence-corrected chi connectivity index (χ2v) is 7.49. The van der Waals surface area contributed by atoms with Gasteiger partial charge in [-0.05, 0) is 73.8 Å². The number of carbonyl (C=O) groups is 1. The summed E-state index contributed by atoms with van der Waals surface area (Å²) in [6.07, 6.45) is 2.13. The Balaban J connectivity index is 1.77. The molecule has 0 aliphatic heterocycles. The number of benzene rings is 2. The topological polar surface area (TPSA) is 52.6 Å². The first-order valence-corrected chi connectivity index (χ1v) is 9.89. The van der Waals surface area contributed by atoms with Gasteiger partial charge in [0.1, 0.15) is 5.75 Å². The zero-order valence-electron chi connectivity index (χ0n) is 16.1. The molecule has 0 unspecified atom stereocenters. The lowest BCUT2D eigenvalue weighted by Gasteiger charge is -2.24. The summed E-state index contributed by atoms with van der Waals surface area (Å²) in [5.41, 5.74) is 1.83. The van der Waals surface area contributed by atoms with Crippen molar-refractivity contribution in [2.75, 3.05) is 19.6 Å². The molecular weight excluding hydrogens is 360 g/mol. The summed E-state index contributed by atoms with van der Waals surface area (Å²) in [5, 5.41) is 13.0. The van der Waals surface area contributed by atoms with Crippen LogP contribution in [-0.4, -0.2) is 35.5 Å². The maximum Gasteiger partial charge on any atom is 0.251 e. The second kappa shape index (κ2) is 11.0. The van der Waals surface area contributed by atoms with Gasteiger partial charge in [-0.2, -0.15) is 0 Å². The van der Waals surface area contributed by atoms with Crippen LogP contribution in [0, 0.1) is 5.92 Å². The third kappa shape index (κ3) is 7.61. The van der Waals surface area contributed by atoms with E-state index in [0.29, 0.717) is 18.0 Å². The van der Waals surface area contributed by atoms with Crippen LogP contribution in [0.2, 0.25) is 5.02 Å². The minimum atomic E-state index is -0.103. The molecule has 0 bridgehead atoms. The van der Waals surface area contributed by atoms with Crippen LogP contribution in [0.25, 0.3) is 0 Å². The number of amides is 1. The van der Waals surface area contributed by atoms with Crippen LogP contribution < -0.4 is 5.32 Å². The standard InChI is InChI=1S/C22H29ClN2O2/c1-3-13-25(16-18-4-8-20(23)9-5-18)14-12-17(2)15-24-22(27)19-6-10-21(26)11-7-19/h4-11,17,26H,3,12-16H2,1-2H3,(H,24,27)/t17-/m1/s1. The highest BCUT2D eigenvalue weighted by molar-refractivity contribution is 6.30. The first-order chi connectivity index (χ1) is 13.0. The van der Waals surface area contributed by atoms with Gasteiger partial charge in [0.15, 0.2) is 0 Å². The number of carbonyl (C=O) groups excluding carboxylic acids is 1. The summed E-state index contributed by atoms with van der Waals surface area (Å²) < 4.78 is 0. The molecule has 27 heavy (non-hydrogen) atoms. The monoisotopic (exact) mass is 388 g/mol. The molecule has 2 rings (SSSR count). The Bertz CT molecular complexity index is 701. The van der Waals surface area contributed by atoms with Gasteiger partial charge in [-0.25, -0.2) is 0 Å². The van der Waals surface area contributed by atoms with Crippen molar-refractivity contribution in [1.29, 1.82) is 0 Å². The summed E-state index contributed by atoms with van der Waals surface area (Å²) in [6.45, 7) is 7.94. The van der Waals surface area contributed by atoms with E-state index < -0.39 is 0 Å². The summed E-state index contributed by atoms with van der Waals surface area (Å²) in [4.78, 5) is 14.6. The van der Waals surface area contributed by atoms with Crippen LogP contribution in [0.4, 0.5) is 0 Å². The first-order valence-electron chi connectivity index (χ1n) is 9.52. The number of hydrogen-bond acceptors (Lipinski definition) is 3. The molecule has 2 aromatic carbocycles. The summed E-state index contributed by atoms with van der Waals surface area (Å²) >= 11 is 5.96. The van der Waals surface area contributed by atoms with Gasteiger partial charge in [0.25, 0.3) is 5.91 Å². The second-order valence-electron chi connectivity index (χ2n) is 7.05. The Hall–Kier alpha value is -2.04. The van der Waals surface area contributed by atoms with Gasteiger partial charge in [-0.1, -0.05) is 37.6 Å². The molecule has 0 fully saturated rings. The van der Waals surface area contributed by atoms with Crippen LogP contribution in [0.3, 0.4) is 0 Å². The molecule has 146 valence electrons. The lowest BCUT2D eigenvalue weighted by Crippen LogP contribution is -2.31. The number of hydrogen-bond donors (Lipinski definition) is 2. The van der Waals surface area contributed by atoms with Crippen molar-refractivity contribution >= 4 is 17.5 Å². The van der Waals surface area contributed by atoms with Gasteiger partial charge < -0.3 is 10.4 Å². The summed E-state index contributed by atoms with van der Waals surface area (Å²) in [5.74, 6) is 0.445. The molecule has 0 saturated heterocycles. The van der Waals surface area contributed by atoms with E-state index in [1.165, 1.54) is 17.7 Å². The predicted octanol–water partition coefficient (Wildman–Crippen LogP) is 4.71. The zero-order valence-corrected chi connectivity index (χ0v) is 16.9. The maximum atomic E-state index is 12.2. The Morgan fingerprint density at radius 1 is 1.11 bits per heavy atom. The Morgan fingerprint density at radius 3 is 2.41 bits per heavy atom. The van der Waals surface area contributed by atoms with E-state index in [4.69, 9.17) is 11.6 Å². The molecule has 0 spiro atoms. The number of nitrogens with zero attached hydrogens (tertiary/aromatic N) is 1. The van der Waals surface area contributed by atoms with Crippen LogP contribution in [-0.2, 0) is 6.54 Å². The van der Waals surface area contributed by atoms with E-state index in [1.807, 2.05) is 12.1 Å². The van der Waals surface area contributed by atoms with Crippen LogP contribution >= 0.6 is 11.6 Å². The van der Waals surface area contributed by atoms with Crippen LogP contribution in [0.15, 0.2) is 48.5 Å². The Labute approximate surface area is 167 Å². The fourth-order valence-corrected chi connectivity index (χ4v) is 3.05. The fourth-order valence-electron chi connectivity index (χ4n) is 2.92. The van der Waals surface area contributed by atoms with E-state index in [-0.39, 0.29) is 11.7 Å². The van der Waals surface area contributed by atoms with Crippen molar-refractivity contribution in [2.24, 2.45) is 5.92 Å². The maximum absolute atomic E-state index is 12.2. The van der Waals surface area contributed by atoms with Crippen molar-refractivity contribution in [3.05, 3.63) is 64.7 Å². The molecule has 1 amide bonds. The number of halogens is 1. The molecule has 5 heteroatoms. The van der Waals surface area contributed by atoms with Crippen molar-refractivity contribution in [3.8, 4) is 5.75 Å². The van der Waals surface area contributed by atoms with Gasteiger partial charge in [0.2, 0.25) is 0 Å². The van der Waals surface area contributed by atoms with Crippen molar-refractivity contribution in [3.63, 3.8) is 0 Å². The smallest absolute Gasteiger partial charge is 0.251 e. The number of aromatic hydroxyl groups is 1. The molecule has 0 heterocycles. The number of nitrogens with one attached hydrogen (secondary N) is 1. The Morgan fingerprint density at radius 2 is 1.78 bits per heavy atom. The van der Waals surface area contributed by atoms with Crippen LogP contribution in [0.1, 0.15) is 42.6 Å². The number of phenols is 1. The molecule has 2 aromatic rings. The van der Waals surface area contributed by atoms with Gasteiger partial charge in [-0.15, -0.1) is 0 Å². The van der Waals surface area contributed by atoms with Gasteiger partial charge >= 0.3 is 0 Å². The SMILES string of the molecule is CCCN(CC[C@@H](C)CNC(=O)c1ccc(O)cc1)Cc1ccc(Cl)cc1. The molecule has 0 aromatic heterocycles. The van der Waals surface area contributed by atoms with E-state index in [9.17, 15) is 9.90 Å². The number of rotatable bonds is 10. The molecule has 1 atom stereocenters. The third-order valence-corrected chi connectivity index (χ3v) is 4.79. The minimum absolute atomic E-state index is 0.103. The highest BCUT2D eigenvalue weighted by Gasteiger charge is 2.11. The van der Waals surface area contributed by atoms with Gasteiger partial charge in [0, 0.05) is 23.7 Å². The highest BCUT2D eigenvalue weighted by atomic mass is 35.5. The van der Waals surface area contributed by atoms with Crippen molar-refractivity contribution < 1.29 is 9.90 Å². The largest absolute Gasteiger partial charge is 0.508 e. The average molecular weight is 389 g/mol. The Kier molecular flexibility index (Phi) is 8.62. The van der Waals surface area contributed by atoms with E-state index >= 15 is 0 Å². The predicted molar refractivity (Wildman–Crippen MR) is 111 cm³/mol. The third-order valence-electron chi connectivity index (χ3n) is 4.54. The van der Waals surface area contributed by atoms with Gasteiger partial charge in [0.05, 0.1) is 0 Å². The van der Waals surface area contributed by atoms with E-state index in [2.05, 4.69) is 36.2 Å². The summed E-state index contributed by atoms with van der Waals surface area (Å²) in [7, 11) is 0. The molecule has 0 aliphatic carbocycles. The van der Waals surface area contributed by atoms with Crippen LogP contribution in [0.5, 0.6) is 5.75 Å². The highest BCUT2D eigenvalue weighted by Crippen LogP contribution is 2.13. The van der Waals surface area contributed by atoms with Crippen molar-refractivity contribution in [1.82, 2.24) is 10.2 Å². The fraction of sp³-hybridized carbons (Fsp3) is 0.409. The molecular formula is C22H29ClN2O2.